The molecular weight excluding hydrogens is 212 g/mol. The standard InChI is InChI=1S/C14H22N2O/c1-3-13(12-7-5-4-6-8-12)16-14(17)10-9-11(2)15/h4-8,11,13H,3,9-10,15H2,1-2H3,(H,16,17). The summed E-state index contributed by atoms with van der Waals surface area (Å²) in [5, 5.41) is 3.04. The van der Waals surface area contributed by atoms with Crippen LogP contribution in [-0.4, -0.2) is 11.9 Å². The average Bonchev–Trinajstić information content (AvgIpc) is 2.34. The zero-order valence-electron chi connectivity index (χ0n) is 10.6. The van der Waals surface area contributed by atoms with E-state index in [1.54, 1.807) is 0 Å². The molecule has 0 radical (unpaired) electrons. The second kappa shape index (κ2) is 7.07. The summed E-state index contributed by atoms with van der Waals surface area (Å²) in [6.07, 6.45) is 2.13. The lowest BCUT2D eigenvalue weighted by Gasteiger charge is -2.17. The van der Waals surface area contributed by atoms with Gasteiger partial charge >= 0.3 is 0 Å². The number of amides is 1. The molecule has 0 aliphatic rings. The van der Waals surface area contributed by atoms with Crippen LogP contribution in [0.5, 0.6) is 0 Å². The molecular formula is C14H22N2O. The number of rotatable bonds is 6. The summed E-state index contributed by atoms with van der Waals surface area (Å²) in [5.41, 5.74) is 6.79. The van der Waals surface area contributed by atoms with Crippen LogP contribution in [0, 0.1) is 0 Å². The fraction of sp³-hybridized carbons (Fsp3) is 0.500. The molecule has 0 bridgehead atoms. The van der Waals surface area contributed by atoms with Crippen molar-refractivity contribution in [1.29, 1.82) is 0 Å². The maximum absolute atomic E-state index is 11.7. The van der Waals surface area contributed by atoms with Crippen LogP contribution >= 0.6 is 0 Å². The maximum Gasteiger partial charge on any atom is 0.220 e. The van der Waals surface area contributed by atoms with Gasteiger partial charge in [0.2, 0.25) is 5.91 Å². The minimum absolute atomic E-state index is 0.0811. The van der Waals surface area contributed by atoms with Gasteiger partial charge < -0.3 is 11.1 Å². The Morgan fingerprint density at radius 1 is 1.35 bits per heavy atom. The fourth-order valence-electron chi connectivity index (χ4n) is 1.73. The molecule has 2 unspecified atom stereocenters. The number of carbonyl (C=O) groups excluding carboxylic acids is 1. The van der Waals surface area contributed by atoms with Crippen LogP contribution in [0.3, 0.4) is 0 Å². The molecule has 0 fully saturated rings. The van der Waals surface area contributed by atoms with Gasteiger partial charge in [-0.3, -0.25) is 4.79 Å². The van der Waals surface area contributed by atoms with E-state index >= 15 is 0 Å². The van der Waals surface area contributed by atoms with Crippen molar-refractivity contribution in [1.82, 2.24) is 5.32 Å². The Kier molecular flexibility index (Phi) is 5.70. The van der Waals surface area contributed by atoms with Gasteiger partial charge in [0.05, 0.1) is 6.04 Å². The van der Waals surface area contributed by atoms with E-state index in [2.05, 4.69) is 12.2 Å². The minimum Gasteiger partial charge on any atom is -0.349 e. The predicted molar refractivity (Wildman–Crippen MR) is 70.5 cm³/mol. The molecule has 1 aromatic rings. The lowest BCUT2D eigenvalue weighted by atomic mass is 10.0. The van der Waals surface area contributed by atoms with Crippen LogP contribution in [0.15, 0.2) is 30.3 Å². The summed E-state index contributed by atoms with van der Waals surface area (Å²) < 4.78 is 0. The smallest absolute Gasteiger partial charge is 0.220 e. The van der Waals surface area contributed by atoms with Crippen LogP contribution in [-0.2, 0) is 4.79 Å². The van der Waals surface area contributed by atoms with Gasteiger partial charge in [0.15, 0.2) is 0 Å². The van der Waals surface area contributed by atoms with Gasteiger partial charge in [-0.25, -0.2) is 0 Å². The van der Waals surface area contributed by atoms with Crippen LogP contribution < -0.4 is 11.1 Å². The summed E-state index contributed by atoms with van der Waals surface area (Å²) in [6, 6.07) is 10.2. The number of hydrogen-bond acceptors (Lipinski definition) is 2. The molecule has 3 N–H and O–H groups in total. The molecule has 0 saturated carbocycles. The molecule has 0 heterocycles. The highest BCUT2D eigenvalue weighted by Crippen LogP contribution is 2.16. The molecule has 0 aliphatic carbocycles. The second-order valence-electron chi connectivity index (χ2n) is 4.45. The predicted octanol–water partition coefficient (Wildman–Crippen LogP) is 2.38. The van der Waals surface area contributed by atoms with E-state index < -0.39 is 0 Å². The number of hydrogen-bond donors (Lipinski definition) is 2. The van der Waals surface area contributed by atoms with Crippen molar-refractivity contribution < 1.29 is 4.79 Å². The summed E-state index contributed by atoms with van der Waals surface area (Å²) in [4.78, 5) is 11.7. The van der Waals surface area contributed by atoms with Crippen LogP contribution in [0.25, 0.3) is 0 Å². The van der Waals surface area contributed by atoms with Crippen LogP contribution in [0.1, 0.15) is 44.7 Å². The van der Waals surface area contributed by atoms with E-state index in [1.807, 2.05) is 37.3 Å². The first-order valence-electron chi connectivity index (χ1n) is 6.23. The number of nitrogens with two attached hydrogens (primary N) is 1. The zero-order valence-corrected chi connectivity index (χ0v) is 10.6. The van der Waals surface area contributed by atoms with Gasteiger partial charge in [0.1, 0.15) is 0 Å². The Morgan fingerprint density at radius 3 is 2.53 bits per heavy atom. The number of benzene rings is 1. The molecule has 1 amide bonds. The normalized spacial score (nSPS) is 14.1. The SMILES string of the molecule is CCC(NC(=O)CCC(C)N)c1ccccc1. The summed E-state index contributed by atoms with van der Waals surface area (Å²) in [6.45, 7) is 3.99. The monoisotopic (exact) mass is 234 g/mol. The molecule has 3 nitrogen and oxygen atoms in total. The summed E-state index contributed by atoms with van der Waals surface area (Å²) in [5.74, 6) is 0.0815. The molecule has 0 saturated heterocycles. The van der Waals surface area contributed by atoms with Crippen molar-refractivity contribution in [2.24, 2.45) is 5.73 Å². The molecule has 0 aromatic heterocycles. The van der Waals surface area contributed by atoms with E-state index in [0.29, 0.717) is 6.42 Å². The van der Waals surface area contributed by atoms with Crippen LogP contribution in [0.2, 0.25) is 0 Å². The highest BCUT2D eigenvalue weighted by molar-refractivity contribution is 5.76. The molecule has 94 valence electrons. The Labute approximate surface area is 103 Å². The zero-order chi connectivity index (χ0) is 12.7. The fourth-order valence-corrected chi connectivity index (χ4v) is 1.73. The molecule has 0 spiro atoms. The Hall–Kier alpha value is -1.35. The quantitative estimate of drug-likeness (QED) is 0.794. The number of carbonyl (C=O) groups is 1. The van der Waals surface area contributed by atoms with Crippen molar-refractivity contribution in [3.8, 4) is 0 Å². The van der Waals surface area contributed by atoms with Crippen LogP contribution in [0.4, 0.5) is 0 Å². The highest BCUT2D eigenvalue weighted by atomic mass is 16.1. The third-order valence-electron chi connectivity index (χ3n) is 2.77. The van der Waals surface area contributed by atoms with Crippen molar-refractivity contribution in [3.63, 3.8) is 0 Å². The van der Waals surface area contributed by atoms with E-state index in [-0.39, 0.29) is 18.0 Å². The highest BCUT2D eigenvalue weighted by Gasteiger charge is 2.12. The Balaban J connectivity index is 2.50. The average molecular weight is 234 g/mol. The maximum atomic E-state index is 11.7. The van der Waals surface area contributed by atoms with Gasteiger partial charge in [-0.1, -0.05) is 37.3 Å². The molecule has 2 atom stereocenters. The van der Waals surface area contributed by atoms with Gasteiger partial charge in [-0.05, 0) is 25.3 Å². The molecule has 0 aliphatic heterocycles. The first kappa shape index (κ1) is 13.7. The Bertz CT molecular complexity index is 335. The van der Waals surface area contributed by atoms with Crippen molar-refractivity contribution in [2.45, 2.75) is 45.2 Å². The Morgan fingerprint density at radius 2 is 2.00 bits per heavy atom. The largest absolute Gasteiger partial charge is 0.349 e. The summed E-state index contributed by atoms with van der Waals surface area (Å²) >= 11 is 0. The van der Waals surface area contributed by atoms with E-state index in [9.17, 15) is 4.79 Å². The third-order valence-corrected chi connectivity index (χ3v) is 2.77. The van der Waals surface area contributed by atoms with Crippen molar-refractivity contribution in [3.05, 3.63) is 35.9 Å². The third kappa shape index (κ3) is 5.00. The first-order valence-corrected chi connectivity index (χ1v) is 6.23. The van der Waals surface area contributed by atoms with E-state index in [0.717, 1.165) is 18.4 Å². The first-order chi connectivity index (χ1) is 8.13. The second-order valence-corrected chi connectivity index (χ2v) is 4.45. The van der Waals surface area contributed by atoms with E-state index in [4.69, 9.17) is 5.73 Å². The molecule has 17 heavy (non-hydrogen) atoms. The molecule has 1 rings (SSSR count). The lowest BCUT2D eigenvalue weighted by Crippen LogP contribution is -2.29. The van der Waals surface area contributed by atoms with Gasteiger partial charge in [-0.15, -0.1) is 0 Å². The van der Waals surface area contributed by atoms with E-state index in [1.165, 1.54) is 0 Å². The van der Waals surface area contributed by atoms with Gasteiger partial charge in [-0.2, -0.15) is 0 Å². The topological polar surface area (TPSA) is 55.1 Å². The molecule has 3 heteroatoms. The summed E-state index contributed by atoms with van der Waals surface area (Å²) in [7, 11) is 0. The van der Waals surface area contributed by atoms with Crippen molar-refractivity contribution in [2.75, 3.05) is 0 Å². The van der Waals surface area contributed by atoms with Gasteiger partial charge in [0.25, 0.3) is 0 Å². The van der Waals surface area contributed by atoms with Gasteiger partial charge in [0, 0.05) is 12.5 Å². The number of nitrogens with one attached hydrogen (secondary N) is 1. The van der Waals surface area contributed by atoms with Crippen molar-refractivity contribution >= 4 is 5.91 Å². The lowest BCUT2D eigenvalue weighted by molar-refractivity contribution is -0.122. The molecule has 1 aromatic carbocycles. The minimum atomic E-state index is 0.0811.